The van der Waals surface area contributed by atoms with Crippen LogP contribution in [0.5, 0.6) is 5.75 Å². The number of furan rings is 1. The van der Waals surface area contributed by atoms with Gasteiger partial charge in [-0.05, 0) is 12.1 Å². The van der Waals surface area contributed by atoms with Gasteiger partial charge < -0.3 is 14.1 Å². The van der Waals surface area contributed by atoms with E-state index in [2.05, 4.69) is 9.97 Å². The summed E-state index contributed by atoms with van der Waals surface area (Å²) in [7, 11) is 1.56. The number of para-hydroxylation sites is 1. The Labute approximate surface area is 89.7 Å². The van der Waals surface area contributed by atoms with Gasteiger partial charge in [0.2, 0.25) is 5.58 Å². The van der Waals surface area contributed by atoms with Crippen LogP contribution in [0.15, 0.2) is 33.7 Å². The molecule has 16 heavy (non-hydrogen) atoms. The molecule has 3 aromatic rings. The Morgan fingerprint density at radius 1 is 1.38 bits per heavy atom. The maximum atomic E-state index is 11.5. The van der Waals surface area contributed by atoms with Crippen molar-refractivity contribution in [3.63, 3.8) is 0 Å². The van der Waals surface area contributed by atoms with Crippen LogP contribution in [-0.2, 0) is 0 Å². The summed E-state index contributed by atoms with van der Waals surface area (Å²) in [6.07, 6.45) is 1.36. The van der Waals surface area contributed by atoms with Crippen molar-refractivity contribution in [2.24, 2.45) is 0 Å². The summed E-state index contributed by atoms with van der Waals surface area (Å²) in [5.41, 5.74) is 1.03. The molecule has 0 aliphatic carbocycles. The molecule has 2 heterocycles. The number of rotatable bonds is 1. The molecule has 3 rings (SSSR count). The molecular weight excluding hydrogens is 208 g/mol. The number of aromatic amines is 1. The number of nitrogens with one attached hydrogen (secondary N) is 1. The second kappa shape index (κ2) is 3.10. The van der Waals surface area contributed by atoms with Crippen molar-refractivity contribution in [2.75, 3.05) is 7.11 Å². The maximum absolute atomic E-state index is 11.5. The lowest BCUT2D eigenvalue weighted by Gasteiger charge is -1.97. The maximum Gasteiger partial charge on any atom is 0.294 e. The highest BCUT2D eigenvalue weighted by Crippen LogP contribution is 2.31. The van der Waals surface area contributed by atoms with Gasteiger partial charge in [0.1, 0.15) is 5.52 Å². The highest BCUT2D eigenvalue weighted by molar-refractivity contribution is 6.04. The second-order valence-electron chi connectivity index (χ2n) is 3.35. The summed E-state index contributed by atoms with van der Waals surface area (Å²) >= 11 is 0. The molecule has 2 aromatic heterocycles. The minimum atomic E-state index is -0.289. The SMILES string of the molecule is COc1cccc2c1oc1c(=O)[nH]cnc12. The standard InChI is InChI=1S/C11H8N2O3/c1-15-7-4-2-3-6-8-10(16-9(6)7)11(14)13-5-12-8/h2-5H,1H3,(H,12,13,14). The Morgan fingerprint density at radius 2 is 2.25 bits per heavy atom. The van der Waals surface area contributed by atoms with Gasteiger partial charge in [-0.25, -0.2) is 4.98 Å². The molecule has 0 atom stereocenters. The number of fused-ring (bicyclic) bond motifs is 3. The lowest BCUT2D eigenvalue weighted by Crippen LogP contribution is -2.03. The monoisotopic (exact) mass is 216 g/mol. The van der Waals surface area contributed by atoms with Gasteiger partial charge >= 0.3 is 0 Å². The highest BCUT2D eigenvalue weighted by atomic mass is 16.5. The van der Waals surface area contributed by atoms with Gasteiger partial charge in [0.25, 0.3) is 5.56 Å². The van der Waals surface area contributed by atoms with E-state index in [1.165, 1.54) is 6.33 Å². The fraction of sp³-hybridized carbons (Fsp3) is 0.0909. The van der Waals surface area contributed by atoms with Crippen LogP contribution < -0.4 is 10.3 Å². The number of benzene rings is 1. The van der Waals surface area contributed by atoms with E-state index < -0.39 is 0 Å². The predicted molar refractivity (Wildman–Crippen MR) is 58.7 cm³/mol. The molecular formula is C11H8N2O3. The van der Waals surface area contributed by atoms with Crippen molar-refractivity contribution < 1.29 is 9.15 Å². The van der Waals surface area contributed by atoms with E-state index in [4.69, 9.17) is 9.15 Å². The molecule has 1 aromatic carbocycles. The van der Waals surface area contributed by atoms with Gasteiger partial charge in [-0.15, -0.1) is 0 Å². The normalized spacial score (nSPS) is 11.1. The van der Waals surface area contributed by atoms with Crippen LogP contribution in [0.25, 0.3) is 22.1 Å². The van der Waals surface area contributed by atoms with Crippen molar-refractivity contribution >= 4 is 22.1 Å². The van der Waals surface area contributed by atoms with Gasteiger partial charge in [-0.1, -0.05) is 6.07 Å². The number of aromatic nitrogens is 2. The second-order valence-corrected chi connectivity index (χ2v) is 3.35. The van der Waals surface area contributed by atoms with Crippen molar-refractivity contribution in [1.29, 1.82) is 0 Å². The molecule has 0 unspecified atom stereocenters. The Kier molecular flexibility index (Phi) is 1.73. The third-order valence-electron chi connectivity index (χ3n) is 2.47. The van der Waals surface area contributed by atoms with E-state index >= 15 is 0 Å². The first kappa shape index (κ1) is 8.96. The van der Waals surface area contributed by atoms with Crippen LogP contribution in [0.1, 0.15) is 0 Å². The minimum absolute atomic E-state index is 0.224. The minimum Gasteiger partial charge on any atom is -0.493 e. The Hall–Kier alpha value is -2.30. The number of H-pyrrole nitrogens is 1. The summed E-state index contributed by atoms with van der Waals surface area (Å²) in [6.45, 7) is 0. The summed E-state index contributed by atoms with van der Waals surface area (Å²) < 4.78 is 10.6. The van der Waals surface area contributed by atoms with E-state index in [1.54, 1.807) is 13.2 Å². The zero-order chi connectivity index (χ0) is 11.1. The molecule has 0 saturated carbocycles. The van der Waals surface area contributed by atoms with E-state index in [-0.39, 0.29) is 11.1 Å². The molecule has 1 N–H and O–H groups in total. The predicted octanol–water partition coefficient (Wildman–Crippen LogP) is 1.68. The summed E-state index contributed by atoms with van der Waals surface area (Å²) in [6, 6.07) is 5.45. The summed E-state index contributed by atoms with van der Waals surface area (Å²) in [5, 5.41) is 0.778. The Morgan fingerprint density at radius 3 is 3.06 bits per heavy atom. The number of hydrogen-bond acceptors (Lipinski definition) is 4. The molecule has 0 bridgehead atoms. The molecule has 0 radical (unpaired) electrons. The van der Waals surface area contributed by atoms with Crippen LogP contribution >= 0.6 is 0 Å². The zero-order valence-corrected chi connectivity index (χ0v) is 8.48. The molecule has 80 valence electrons. The fourth-order valence-electron chi connectivity index (χ4n) is 1.74. The Balaban J connectivity index is 2.60. The fourth-order valence-corrected chi connectivity index (χ4v) is 1.74. The van der Waals surface area contributed by atoms with E-state index in [9.17, 15) is 4.79 Å². The van der Waals surface area contributed by atoms with E-state index in [0.29, 0.717) is 16.8 Å². The third kappa shape index (κ3) is 1.05. The van der Waals surface area contributed by atoms with E-state index in [0.717, 1.165) is 5.39 Å². The number of ether oxygens (including phenoxy) is 1. The van der Waals surface area contributed by atoms with Crippen molar-refractivity contribution in [1.82, 2.24) is 9.97 Å². The Bertz CT molecular complexity index is 727. The number of hydrogen-bond donors (Lipinski definition) is 1. The molecule has 0 amide bonds. The number of nitrogens with zero attached hydrogens (tertiary/aromatic N) is 1. The van der Waals surface area contributed by atoms with Crippen LogP contribution in [-0.4, -0.2) is 17.1 Å². The molecule has 0 spiro atoms. The molecule has 0 aliphatic rings. The summed E-state index contributed by atoms with van der Waals surface area (Å²) in [5.74, 6) is 0.592. The van der Waals surface area contributed by atoms with Crippen LogP contribution in [0.4, 0.5) is 0 Å². The molecule has 5 heteroatoms. The number of methoxy groups -OCH3 is 1. The lowest BCUT2D eigenvalue weighted by molar-refractivity contribution is 0.412. The van der Waals surface area contributed by atoms with Gasteiger partial charge in [-0.2, -0.15) is 0 Å². The first-order valence-corrected chi connectivity index (χ1v) is 4.74. The average Bonchev–Trinajstić information content (AvgIpc) is 2.69. The highest BCUT2D eigenvalue weighted by Gasteiger charge is 2.13. The average molecular weight is 216 g/mol. The molecule has 0 saturated heterocycles. The zero-order valence-electron chi connectivity index (χ0n) is 8.48. The quantitative estimate of drug-likeness (QED) is 0.671. The molecule has 0 fully saturated rings. The summed E-state index contributed by atoms with van der Waals surface area (Å²) in [4.78, 5) is 18.1. The topological polar surface area (TPSA) is 68.1 Å². The van der Waals surface area contributed by atoms with Gasteiger partial charge in [0, 0.05) is 0 Å². The molecule has 5 nitrogen and oxygen atoms in total. The molecule has 0 aliphatic heterocycles. The van der Waals surface area contributed by atoms with Crippen molar-refractivity contribution in [2.45, 2.75) is 0 Å². The first-order chi connectivity index (χ1) is 7.81. The first-order valence-electron chi connectivity index (χ1n) is 4.74. The van der Waals surface area contributed by atoms with Crippen LogP contribution in [0.2, 0.25) is 0 Å². The van der Waals surface area contributed by atoms with Gasteiger partial charge in [0.05, 0.1) is 18.8 Å². The van der Waals surface area contributed by atoms with E-state index in [1.807, 2.05) is 12.1 Å². The smallest absolute Gasteiger partial charge is 0.294 e. The lowest BCUT2D eigenvalue weighted by atomic mass is 10.2. The van der Waals surface area contributed by atoms with Crippen LogP contribution in [0, 0.1) is 0 Å². The van der Waals surface area contributed by atoms with Gasteiger partial charge in [0.15, 0.2) is 11.3 Å². The largest absolute Gasteiger partial charge is 0.493 e. The van der Waals surface area contributed by atoms with Crippen molar-refractivity contribution in [3.05, 3.63) is 34.9 Å². The van der Waals surface area contributed by atoms with Crippen molar-refractivity contribution in [3.8, 4) is 5.75 Å². The van der Waals surface area contributed by atoms with Gasteiger partial charge in [-0.3, -0.25) is 4.79 Å². The van der Waals surface area contributed by atoms with Crippen LogP contribution in [0.3, 0.4) is 0 Å². The third-order valence-corrected chi connectivity index (χ3v) is 2.47.